The fraction of sp³-hybridized carbons (Fsp3) is 0.433. The highest BCUT2D eigenvalue weighted by Crippen LogP contribution is 2.61. The lowest BCUT2D eigenvalue weighted by molar-refractivity contribution is 0.130. The van der Waals surface area contributed by atoms with E-state index in [9.17, 15) is 12.8 Å². The van der Waals surface area contributed by atoms with E-state index in [4.69, 9.17) is 9.47 Å². The van der Waals surface area contributed by atoms with Gasteiger partial charge < -0.3 is 9.47 Å². The summed E-state index contributed by atoms with van der Waals surface area (Å²) in [6.07, 6.45) is 3.53. The SMILES string of the molecule is Cc1nc(OC2CCN(S(C)(=O)=O)CC2)ccc1-c1ccc(F)c(COc2ccc3c(c2)C[C@H]2[C@H](C)[C@@H]32)c1. The van der Waals surface area contributed by atoms with Crippen molar-refractivity contribution in [1.29, 1.82) is 0 Å². The van der Waals surface area contributed by atoms with E-state index < -0.39 is 10.0 Å². The van der Waals surface area contributed by atoms with E-state index in [1.165, 1.54) is 27.8 Å². The Balaban J connectivity index is 1.11. The largest absolute Gasteiger partial charge is 0.489 e. The highest BCUT2D eigenvalue weighted by atomic mass is 32.2. The predicted molar refractivity (Wildman–Crippen MR) is 144 cm³/mol. The standard InChI is InChI=1S/C30H33FN2O4S/c1-18-27-16-21-15-24(5-6-26(21)30(18)27)36-17-22-14-20(4-8-28(22)31)25-7-9-29(32-19(25)2)37-23-10-12-33(13-11-23)38(3,34)35/h4-9,14-15,18,23,27,30H,10-13,16-17H2,1-3H3/t18-,27-,30-/m0/s1. The smallest absolute Gasteiger partial charge is 0.213 e. The minimum atomic E-state index is -3.17. The van der Waals surface area contributed by atoms with Gasteiger partial charge in [-0.25, -0.2) is 22.1 Å². The second kappa shape index (κ2) is 9.65. The van der Waals surface area contributed by atoms with Gasteiger partial charge in [-0.1, -0.05) is 19.1 Å². The third-order valence-electron chi connectivity index (χ3n) is 8.46. The molecule has 2 aliphatic carbocycles. The lowest BCUT2D eigenvalue weighted by Crippen LogP contribution is -2.41. The Morgan fingerprint density at radius 2 is 1.87 bits per heavy atom. The number of halogens is 1. The number of pyridine rings is 1. The quantitative estimate of drug-likeness (QED) is 0.400. The van der Waals surface area contributed by atoms with Crippen molar-refractivity contribution in [2.24, 2.45) is 11.8 Å². The van der Waals surface area contributed by atoms with Crippen molar-refractivity contribution in [3.05, 3.63) is 76.7 Å². The molecule has 1 aliphatic heterocycles. The number of benzene rings is 2. The number of sulfonamides is 1. The van der Waals surface area contributed by atoms with Crippen molar-refractivity contribution >= 4 is 10.0 Å². The number of hydrogen-bond donors (Lipinski definition) is 0. The summed E-state index contributed by atoms with van der Waals surface area (Å²) in [7, 11) is -3.17. The third-order valence-corrected chi connectivity index (χ3v) is 9.76. The molecule has 3 atom stereocenters. The van der Waals surface area contributed by atoms with Crippen LogP contribution in [-0.2, 0) is 23.1 Å². The van der Waals surface area contributed by atoms with Crippen molar-refractivity contribution in [2.75, 3.05) is 19.3 Å². The van der Waals surface area contributed by atoms with Gasteiger partial charge in [-0.3, -0.25) is 0 Å². The van der Waals surface area contributed by atoms with E-state index in [-0.39, 0.29) is 18.5 Å². The first-order valence-electron chi connectivity index (χ1n) is 13.3. The van der Waals surface area contributed by atoms with Crippen LogP contribution in [0.3, 0.4) is 0 Å². The fourth-order valence-electron chi connectivity index (χ4n) is 6.18. The van der Waals surface area contributed by atoms with Gasteiger partial charge in [-0.15, -0.1) is 0 Å². The number of aryl methyl sites for hydroxylation is 1. The van der Waals surface area contributed by atoms with Crippen LogP contribution in [0.2, 0.25) is 0 Å². The van der Waals surface area contributed by atoms with Crippen molar-refractivity contribution in [1.82, 2.24) is 9.29 Å². The zero-order chi connectivity index (χ0) is 26.6. The Bertz CT molecular complexity index is 1480. The Morgan fingerprint density at radius 3 is 2.61 bits per heavy atom. The van der Waals surface area contributed by atoms with Gasteiger partial charge in [0.15, 0.2) is 0 Å². The van der Waals surface area contributed by atoms with Gasteiger partial charge >= 0.3 is 0 Å². The summed E-state index contributed by atoms with van der Waals surface area (Å²) in [5.41, 5.74) is 5.87. The molecule has 0 N–H and O–H groups in total. The van der Waals surface area contributed by atoms with Gasteiger partial charge in [-0.05, 0) is 91.0 Å². The number of nitrogens with zero attached hydrogens (tertiary/aromatic N) is 2. The van der Waals surface area contributed by atoms with E-state index in [1.807, 2.05) is 31.2 Å². The van der Waals surface area contributed by atoms with Crippen LogP contribution in [-0.4, -0.2) is 43.2 Å². The molecular weight excluding hydrogens is 503 g/mol. The zero-order valence-corrected chi connectivity index (χ0v) is 22.8. The number of fused-ring (bicyclic) bond motifs is 3. The number of piperidine rings is 1. The topological polar surface area (TPSA) is 68.7 Å². The summed E-state index contributed by atoms with van der Waals surface area (Å²) >= 11 is 0. The van der Waals surface area contributed by atoms with Crippen LogP contribution < -0.4 is 9.47 Å². The van der Waals surface area contributed by atoms with Crippen molar-refractivity contribution < 1.29 is 22.3 Å². The van der Waals surface area contributed by atoms with Gasteiger partial charge in [-0.2, -0.15) is 0 Å². The van der Waals surface area contributed by atoms with Crippen LogP contribution in [0.15, 0.2) is 48.5 Å². The molecule has 0 bridgehead atoms. The Hall–Kier alpha value is -2.97. The third kappa shape index (κ3) is 4.92. The van der Waals surface area contributed by atoms with Gasteiger partial charge in [0.05, 0.1) is 6.26 Å². The fourth-order valence-corrected chi connectivity index (χ4v) is 7.05. The van der Waals surface area contributed by atoms with E-state index in [1.54, 1.807) is 6.07 Å². The van der Waals surface area contributed by atoms with Crippen LogP contribution in [0.1, 0.15) is 48.1 Å². The normalized spacial score (nSPS) is 23.1. The maximum Gasteiger partial charge on any atom is 0.213 e. The number of aromatic nitrogens is 1. The Kier molecular flexibility index (Phi) is 6.43. The first-order chi connectivity index (χ1) is 18.2. The highest BCUT2D eigenvalue weighted by molar-refractivity contribution is 7.88. The molecule has 0 spiro atoms. The molecule has 0 radical (unpaired) electrons. The van der Waals surface area contributed by atoms with E-state index in [0.717, 1.165) is 46.7 Å². The average molecular weight is 537 g/mol. The Morgan fingerprint density at radius 1 is 1.08 bits per heavy atom. The number of hydrogen-bond acceptors (Lipinski definition) is 5. The second-order valence-corrected chi connectivity index (χ2v) is 13.0. The predicted octanol–water partition coefficient (Wildman–Crippen LogP) is 5.48. The van der Waals surface area contributed by atoms with E-state index in [2.05, 4.69) is 24.0 Å². The summed E-state index contributed by atoms with van der Waals surface area (Å²) in [5, 5.41) is 0. The van der Waals surface area contributed by atoms with Crippen LogP contribution in [0.5, 0.6) is 11.6 Å². The van der Waals surface area contributed by atoms with Gasteiger partial charge in [0.25, 0.3) is 0 Å². The minimum Gasteiger partial charge on any atom is -0.489 e. The maximum absolute atomic E-state index is 14.7. The van der Waals surface area contributed by atoms with Gasteiger partial charge in [0.2, 0.25) is 15.9 Å². The van der Waals surface area contributed by atoms with E-state index >= 15 is 0 Å². The lowest BCUT2D eigenvalue weighted by atomic mass is 10.0. The molecule has 1 saturated heterocycles. The molecule has 1 aromatic heterocycles. The minimum absolute atomic E-state index is 0.0753. The summed E-state index contributed by atoms with van der Waals surface area (Å²) in [6.45, 7) is 5.29. The molecule has 3 aliphatic rings. The monoisotopic (exact) mass is 536 g/mol. The van der Waals surface area contributed by atoms with Gasteiger partial charge in [0.1, 0.15) is 24.3 Å². The van der Waals surface area contributed by atoms with Crippen LogP contribution in [0, 0.1) is 24.6 Å². The zero-order valence-electron chi connectivity index (χ0n) is 22.0. The molecule has 3 aromatic rings. The number of ether oxygens (including phenoxy) is 2. The second-order valence-electron chi connectivity index (χ2n) is 11.0. The molecule has 0 unspecified atom stereocenters. The first-order valence-corrected chi connectivity index (χ1v) is 15.2. The highest BCUT2D eigenvalue weighted by Gasteiger charge is 2.52. The maximum atomic E-state index is 14.7. The van der Waals surface area contributed by atoms with Crippen molar-refractivity contribution in [3.8, 4) is 22.8 Å². The molecule has 2 fully saturated rings. The number of rotatable bonds is 7. The summed E-state index contributed by atoms with van der Waals surface area (Å²) in [5.74, 6) is 3.30. The van der Waals surface area contributed by atoms with Crippen LogP contribution in [0.4, 0.5) is 4.39 Å². The van der Waals surface area contributed by atoms with Crippen molar-refractivity contribution in [2.45, 2.75) is 51.7 Å². The molecule has 2 heterocycles. The molecular formula is C30H33FN2O4S. The summed E-state index contributed by atoms with van der Waals surface area (Å²) < 4.78 is 51.7. The molecule has 2 aromatic carbocycles. The molecule has 8 heteroatoms. The Labute approximate surface area is 223 Å². The summed E-state index contributed by atoms with van der Waals surface area (Å²) in [4.78, 5) is 4.63. The molecule has 0 amide bonds. The van der Waals surface area contributed by atoms with Crippen molar-refractivity contribution in [3.63, 3.8) is 0 Å². The van der Waals surface area contributed by atoms with Crippen LogP contribution in [0.25, 0.3) is 11.1 Å². The van der Waals surface area contributed by atoms with Crippen LogP contribution >= 0.6 is 0 Å². The molecule has 1 saturated carbocycles. The lowest BCUT2D eigenvalue weighted by Gasteiger charge is -2.30. The average Bonchev–Trinajstić information content (AvgIpc) is 3.34. The summed E-state index contributed by atoms with van der Waals surface area (Å²) in [6, 6.07) is 15.1. The molecule has 6 nitrogen and oxygen atoms in total. The van der Waals surface area contributed by atoms with E-state index in [0.29, 0.717) is 37.4 Å². The first kappa shape index (κ1) is 25.3. The van der Waals surface area contributed by atoms with Gasteiger partial charge in [0, 0.05) is 36.0 Å². The molecule has 6 rings (SSSR count). The molecule has 200 valence electrons. The molecule has 38 heavy (non-hydrogen) atoms.